The van der Waals surface area contributed by atoms with Crippen molar-refractivity contribution in [3.63, 3.8) is 0 Å². The maximum absolute atomic E-state index is 11.9. The number of rotatable bonds is 7. The van der Waals surface area contributed by atoms with Crippen LogP contribution in [-0.2, 0) is 16.4 Å². The molecular weight excluding hydrogens is 326 g/mol. The normalized spacial score (nSPS) is 15.9. The second-order valence-electron chi connectivity index (χ2n) is 6.13. The van der Waals surface area contributed by atoms with Crippen LogP contribution in [0.25, 0.3) is 0 Å². The summed E-state index contributed by atoms with van der Waals surface area (Å²) in [6.07, 6.45) is 6.43. The minimum Gasteiger partial charge on any atom is -0.338 e. The number of hydrogen-bond donors (Lipinski definition) is 3. The number of carbonyl (C=O) groups excluding carboxylic acids is 1. The van der Waals surface area contributed by atoms with E-state index in [1.807, 2.05) is 0 Å². The summed E-state index contributed by atoms with van der Waals surface area (Å²) < 4.78 is 26.2. The van der Waals surface area contributed by atoms with Crippen LogP contribution in [0.3, 0.4) is 0 Å². The molecule has 1 aromatic rings. The molecule has 2 amide bonds. The largest absolute Gasteiger partial charge is 0.338 e. The first-order chi connectivity index (χ1) is 11.5. The van der Waals surface area contributed by atoms with Crippen LogP contribution in [0.1, 0.15) is 44.6 Å². The molecule has 134 valence electrons. The van der Waals surface area contributed by atoms with E-state index in [2.05, 4.69) is 15.4 Å². The Morgan fingerprint density at radius 1 is 1.12 bits per heavy atom. The fraction of sp³-hybridized carbons (Fsp3) is 0.588. The molecule has 1 aromatic carbocycles. The molecule has 0 radical (unpaired) electrons. The van der Waals surface area contributed by atoms with Crippen LogP contribution in [0.2, 0.25) is 0 Å². The van der Waals surface area contributed by atoms with E-state index in [0.717, 1.165) is 18.4 Å². The van der Waals surface area contributed by atoms with Crippen molar-refractivity contribution in [3.05, 3.63) is 29.8 Å². The molecule has 1 saturated carbocycles. The molecule has 0 bridgehead atoms. The van der Waals surface area contributed by atoms with Gasteiger partial charge in [0.1, 0.15) is 0 Å². The first-order valence-corrected chi connectivity index (χ1v) is 10.1. The number of urea groups is 1. The Balaban J connectivity index is 1.75. The highest BCUT2D eigenvalue weighted by molar-refractivity contribution is 7.89. The number of amides is 2. The molecule has 0 unspecified atom stereocenters. The third kappa shape index (κ3) is 5.79. The van der Waals surface area contributed by atoms with Crippen LogP contribution in [-0.4, -0.2) is 33.6 Å². The van der Waals surface area contributed by atoms with Gasteiger partial charge in [0.2, 0.25) is 10.0 Å². The molecule has 7 heteroatoms. The van der Waals surface area contributed by atoms with Crippen molar-refractivity contribution >= 4 is 16.1 Å². The fourth-order valence-electron chi connectivity index (χ4n) is 2.91. The molecule has 0 atom stereocenters. The number of nitrogens with one attached hydrogen (secondary N) is 3. The Hall–Kier alpha value is -1.60. The Labute approximate surface area is 144 Å². The topological polar surface area (TPSA) is 87.3 Å². The van der Waals surface area contributed by atoms with Crippen molar-refractivity contribution in [1.29, 1.82) is 0 Å². The smallest absolute Gasteiger partial charge is 0.315 e. The van der Waals surface area contributed by atoms with Crippen LogP contribution < -0.4 is 15.4 Å². The van der Waals surface area contributed by atoms with Gasteiger partial charge in [-0.15, -0.1) is 0 Å². The number of carbonyl (C=O) groups is 1. The lowest BCUT2D eigenvalue weighted by atomic mass is 9.96. The van der Waals surface area contributed by atoms with E-state index in [1.165, 1.54) is 19.3 Å². The zero-order valence-electron chi connectivity index (χ0n) is 14.2. The molecule has 0 aliphatic heterocycles. The van der Waals surface area contributed by atoms with E-state index >= 15 is 0 Å². The Morgan fingerprint density at radius 2 is 1.79 bits per heavy atom. The quantitative estimate of drug-likeness (QED) is 0.702. The van der Waals surface area contributed by atoms with E-state index in [0.29, 0.717) is 25.6 Å². The van der Waals surface area contributed by atoms with Crippen molar-refractivity contribution in [2.45, 2.75) is 56.4 Å². The summed E-state index contributed by atoms with van der Waals surface area (Å²) in [6, 6.07) is 6.93. The van der Waals surface area contributed by atoms with Gasteiger partial charge in [-0.25, -0.2) is 17.9 Å². The fourth-order valence-corrected chi connectivity index (χ4v) is 3.95. The van der Waals surface area contributed by atoms with E-state index in [-0.39, 0.29) is 10.9 Å². The highest BCUT2D eigenvalue weighted by Gasteiger charge is 2.15. The molecule has 1 aliphatic carbocycles. The molecule has 0 heterocycles. The second-order valence-corrected chi connectivity index (χ2v) is 7.90. The van der Waals surface area contributed by atoms with Crippen LogP contribution in [0.5, 0.6) is 0 Å². The summed E-state index contributed by atoms with van der Waals surface area (Å²) in [7, 11) is -3.41. The van der Waals surface area contributed by atoms with Gasteiger partial charge in [0, 0.05) is 19.1 Å². The first-order valence-electron chi connectivity index (χ1n) is 8.64. The van der Waals surface area contributed by atoms with E-state index < -0.39 is 10.0 Å². The average molecular weight is 353 g/mol. The lowest BCUT2D eigenvalue weighted by Gasteiger charge is -2.22. The maximum Gasteiger partial charge on any atom is 0.315 e. The van der Waals surface area contributed by atoms with Crippen LogP contribution >= 0.6 is 0 Å². The Kier molecular flexibility index (Phi) is 7.05. The molecule has 0 saturated heterocycles. The third-order valence-corrected chi connectivity index (χ3v) is 5.77. The summed E-state index contributed by atoms with van der Waals surface area (Å²) in [5.41, 5.74) is 0.989. The summed E-state index contributed by atoms with van der Waals surface area (Å²) in [6.45, 7) is 2.64. The minimum atomic E-state index is -3.41. The number of hydrogen-bond acceptors (Lipinski definition) is 3. The van der Waals surface area contributed by atoms with Crippen molar-refractivity contribution in [1.82, 2.24) is 15.4 Å². The van der Waals surface area contributed by atoms with Crippen LogP contribution in [0, 0.1) is 0 Å². The molecule has 24 heavy (non-hydrogen) atoms. The molecule has 1 aliphatic rings. The molecule has 6 nitrogen and oxygen atoms in total. The second kappa shape index (κ2) is 9.03. The highest BCUT2D eigenvalue weighted by Crippen LogP contribution is 2.17. The van der Waals surface area contributed by atoms with Gasteiger partial charge in [0.05, 0.1) is 4.90 Å². The average Bonchev–Trinajstić information content (AvgIpc) is 2.56. The lowest BCUT2D eigenvalue weighted by molar-refractivity contribution is 0.233. The third-order valence-electron chi connectivity index (χ3n) is 4.21. The molecule has 0 spiro atoms. The monoisotopic (exact) mass is 353 g/mol. The van der Waals surface area contributed by atoms with Crippen LogP contribution in [0.4, 0.5) is 4.79 Å². The molecule has 0 aromatic heterocycles. The standard InChI is InChI=1S/C17H27N3O3S/c1-2-19-24(22,23)16-10-8-14(9-11-16)12-13-18-17(21)20-15-6-4-3-5-7-15/h8-11,15,19H,2-7,12-13H2,1H3,(H2,18,20,21). The van der Waals surface area contributed by atoms with Crippen molar-refractivity contribution < 1.29 is 13.2 Å². The first kappa shape index (κ1) is 18.7. The van der Waals surface area contributed by atoms with E-state index in [9.17, 15) is 13.2 Å². The highest BCUT2D eigenvalue weighted by atomic mass is 32.2. The van der Waals surface area contributed by atoms with E-state index in [4.69, 9.17) is 0 Å². The lowest BCUT2D eigenvalue weighted by Crippen LogP contribution is -2.43. The van der Waals surface area contributed by atoms with Gasteiger partial charge in [0.25, 0.3) is 0 Å². The maximum atomic E-state index is 11.9. The summed E-state index contributed by atoms with van der Waals surface area (Å²) >= 11 is 0. The minimum absolute atomic E-state index is 0.117. The summed E-state index contributed by atoms with van der Waals surface area (Å²) in [4.78, 5) is 12.1. The van der Waals surface area contributed by atoms with Gasteiger partial charge < -0.3 is 10.6 Å². The molecule has 3 N–H and O–H groups in total. The van der Waals surface area contributed by atoms with Crippen molar-refractivity contribution in [3.8, 4) is 0 Å². The number of sulfonamides is 1. The van der Waals surface area contributed by atoms with Gasteiger partial charge in [-0.2, -0.15) is 0 Å². The van der Waals surface area contributed by atoms with Crippen molar-refractivity contribution in [2.24, 2.45) is 0 Å². The SMILES string of the molecule is CCNS(=O)(=O)c1ccc(CCNC(=O)NC2CCCCC2)cc1. The Bertz CT molecular complexity index is 623. The molecule has 2 rings (SSSR count). The summed E-state index contributed by atoms with van der Waals surface area (Å²) in [5.74, 6) is 0. The van der Waals surface area contributed by atoms with Gasteiger partial charge >= 0.3 is 6.03 Å². The van der Waals surface area contributed by atoms with Gasteiger partial charge in [0.15, 0.2) is 0 Å². The van der Waals surface area contributed by atoms with E-state index in [1.54, 1.807) is 31.2 Å². The predicted molar refractivity (Wildman–Crippen MR) is 94.4 cm³/mol. The van der Waals surface area contributed by atoms with Gasteiger partial charge in [-0.05, 0) is 37.0 Å². The zero-order chi connectivity index (χ0) is 17.4. The van der Waals surface area contributed by atoms with Gasteiger partial charge in [-0.1, -0.05) is 38.3 Å². The summed E-state index contributed by atoms with van der Waals surface area (Å²) in [5, 5.41) is 5.87. The molecular formula is C17H27N3O3S. The van der Waals surface area contributed by atoms with Crippen molar-refractivity contribution in [2.75, 3.05) is 13.1 Å². The predicted octanol–water partition coefficient (Wildman–Crippen LogP) is 2.16. The zero-order valence-corrected chi connectivity index (χ0v) is 15.0. The number of benzene rings is 1. The van der Waals surface area contributed by atoms with Gasteiger partial charge in [-0.3, -0.25) is 0 Å². The van der Waals surface area contributed by atoms with Crippen LogP contribution in [0.15, 0.2) is 29.2 Å². The molecule has 1 fully saturated rings. The Morgan fingerprint density at radius 3 is 2.42 bits per heavy atom.